The number of dihydropyridines is 1. The van der Waals surface area contributed by atoms with E-state index in [1.807, 2.05) is 23.9 Å². The van der Waals surface area contributed by atoms with Crippen molar-refractivity contribution in [2.24, 2.45) is 4.99 Å². The summed E-state index contributed by atoms with van der Waals surface area (Å²) in [5.74, 6) is 1.80. The number of hydrogen-bond acceptors (Lipinski definition) is 3. The van der Waals surface area contributed by atoms with E-state index in [0.29, 0.717) is 11.7 Å². The van der Waals surface area contributed by atoms with Gasteiger partial charge in [-0.3, -0.25) is 4.99 Å². The van der Waals surface area contributed by atoms with Crippen LogP contribution in [-0.4, -0.2) is 22.4 Å². The van der Waals surface area contributed by atoms with E-state index in [1.54, 1.807) is 12.1 Å². The Morgan fingerprint density at radius 3 is 2.71 bits per heavy atom. The van der Waals surface area contributed by atoms with Gasteiger partial charge >= 0.3 is 0 Å². The number of nitrogens with zero attached hydrogens (tertiary/aromatic N) is 1. The molecular formula is C14H17NOS. The topological polar surface area (TPSA) is 32.6 Å². The SMILES string of the molecule is CCCSC1=NCC(c2ccc(O)cc2)C=C1. The van der Waals surface area contributed by atoms with Gasteiger partial charge in [-0.05, 0) is 35.9 Å². The summed E-state index contributed by atoms with van der Waals surface area (Å²) in [4.78, 5) is 4.58. The van der Waals surface area contributed by atoms with Crippen molar-refractivity contribution < 1.29 is 5.11 Å². The standard InChI is InChI=1S/C14H17NOS/c1-2-9-17-14-8-5-12(10-15-14)11-3-6-13(16)7-4-11/h3-8,12,16H,2,9-10H2,1H3. The second-order valence-corrected chi connectivity index (χ2v) is 5.20. The fourth-order valence-corrected chi connectivity index (χ4v) is 2.49. The Balaban J connectivity index is 1.97. The number of phenols is 1. The van der Waals surface area contributed by atoms with Crippen molar-refractivity contribution in [3.05, 3.63) is 42.0 Å². The second kappa shape index (κ2) is 5.92. The van der Waals surface area contributed by atoms with E-state index >= 15 is 0 Å². The molecule has 0 saturated heterocycles. The van der Waals surface area contributed by atoms with Crippen LogP contribution in [0.15, 0.2) is 41.4 Å². The molecule has 0 amide bonds. The van der Waals surface area contributed by atoms with Crippen LogP contribution in [0.3, 0.4) is 0 Å². The van der Waals surface area contributed by atoms with E-state index in [4.69, 9.17) is 0 Å². The predicted octanol–water partition coefficient (Wildman–Crippen LogP) is 3.59. The Morgan fingerprint density at radius 1 is 1.35 bits per heavy atom. The molecule has 1 N–H and O–H groups in total. The normalized spacial score (nSPS) is 19.1. The van der Waals surface area contributed by atoms with Gasteiger partial charge in [-0.15, -0.1) is 11.8 Å². The molecule has 0 fully saturated rings. The maximum atomic E-state index is 9.25. The van der Waals surface area contributed by atoms with Gasteiger partial charge in [0.25, 0.3) is 0 Å². The zero-order valence-electron chi connectivity index (χ0n) is 9.97. The third kappa shape index (κ3) is 3.37. The average molecular weight is 247 g/mol. The third-order valence-electron chi connectivity index (χ3n) is 2.69. The Kier molecular flexibility index (Phi) is 4.26. The van der Waals surface area contributed by atoms with Gasteiger partial charge in [-0.2, -0.15) is 0 Å². The van der Waals surface area contributed by atoms with Crippen LogP contribution in [0.25, 0.3) is 0 Å². The zero-order chi connectivity index (χ0) is 12.1. The van der Waals surface area contributed by atoms with E-state index < -0.39 is 0 Å². The monoisotopic (exact) mass is 247 g/mol. The highest BCUT2D eigenvalue weighted by Gasteiger charge is 2.12. The molecule has 1 aromatic rings. The molecule has 0 aromatic heterocycles. The van der Waals surface area contributed by atoms with Crippen molar-refractivity contribution in [1.29, 1.82) is 0 Å². The first-order valence-corrected chi connectivity index (χ1v) is 6.92. The molecule has 0 aliphatic carbocycles. The fourth-order valence-electron chi connectivity index (χ4n) is 1.74. The number of aliphatic imine (C=N–C) groups is 1. The van der Waals surface area contributed by atoms with Crippen molar-refractivity contribution >= 4 is 16.8 Å². The van der Waals surface area contributed by atoms with Crippen LogP contribution in [0.4, 0.5) is 0 Å². The number of phenolic OH excluding ortho intramolecular Hbond substituents is 1. The van der Waals surface area contributed by atoms with Crippen LogP contribution in [0, 0.1) is 0 Å². The quantitative estimate of drug-likeness (QED) is 0.885. The van der Waals surface area contributed by atoms with Gasteiger partial charge in [-0.1, -0.05) is 25.1 Å². The summed E-state index contributed by atoms with van der Waals surface area (Å²) in [6.07, 6.45) is 5.50. The highest BCUT2D eigenvalue weighted by atomic mass is 32.2. The number of thioether (sulfide) groups is 1. The molecule has 3 heteroatoms. The van der Waals surface area contributed by atoms with E-state index in [9.17, 15) is 5.11 Å². The van der Waals surface area contributed by atoms with Gasteiger partial charge < -0.3 is 5.11 Å². The van der Waals surface area contributed by atoms with Crippen molar-refractivity contribution in [3.63, 3.8) is 0 Å². The largest absolute Gasteiger partial charge is 0.508 e. The molecule has 0 radical (unpaired) electrons. The number of aromatic hydroxyl groups is 1. The second-order valence-electron chi connectivity index (χ2n) is 4.08. The predicted molar refractivity (Wildman–Crippen MR) is 75.0 cm³/mol. The van der Waals surface area contributed by atoms with E-state index in [-0.39, 0.29) is 0 Å². The van der Waals surface area contributed by atoms with Gasteiger partial charge in [0.2, 0.25) is 0 Å². The highest BCUT2D eigenvalue weighted by molar-refractivity contribution is 8.14. The van der Waals surface area contributed by atoms with E-state index in [1.165, 1.54) is 12.0 Å². The number of rotatable bonds is 3. The summed E-state index contributed by atoms with van der Waals surface area (Å²) >= 11 is 1.82. The Bertz CT molecular complexity index is 422. The molecule has 1 aliphatic heterocycles. The molecule has 0 saturated carbocycles. The summed E-state index contributed by atoms with van der Waals surface area (Å²) in [6.45, 7) is 2.99. The van der Waals surface area contributed by atoms with Crippen molar-refractivity contribution in [2.75, 3.05) is 12.3 Å². The van der Waals surface area contributed by atoms with Crippen LogP contribution >= 0.6 is 11.8 Å². The Hall–Kier alpha value is -1.22. The van der Waals surface area contributed by atoms with E-state index in [2.05, 4.69) is 24.1 Å². The molecule has 2 nitrogen and oxygen atoms in total. The first kappa shape index (κ1) is 12.2. The summed E-state index contributed by atoms with van der Waals surface area (Å²) in [6, 6.07) is 7.39. The fraction of sp³-hybridized carbons (Fsp3) is 0.357. The van der Waals surface area contributed by atoms with Crippen molar-refractivity contribution in [3.8, 4) is 5.75 Å². The first-order chi connectivity index (χ1) is 8.29. The third-order valence-corrected chi connectivity index (χ3v) is 3.86. The average Bonchev–Trinajstić information content (AvgIpc) is 2.38. The molecule has 2 rings (SSSR count). The lowest BCUT2D eigenvalue weighted by molar-refractivity contribution is 0.475. The molecule has 1 unspecified atom stereocenters. The minimum absolute atomic E-state index is 0.316. The van der Waals surface area contributed by atoms with Gasteiger partial charge in [-0.25, -0.2) is 0 Å². The van der Waals surface area contributed by atoms with Gasteiger partial charge in [0.15, 0.2) is 0 Å². The first-order valence-electron chi connectivity index (χ1n) is 5.94. The zero-order valence-corrected chi connectivity index (χ0v) is 10.8. The molecule has 1 aromatic carbocycles. The summed E-state index contributed by atoms with van der Waals surface area (Å²) in [7, 11) is 0. The van der Waals surface area contributed by atoms with Crippen molar-refractivity contribution in [1.82, 2.24) is 0 Å². The highest BCUT2D eigenvalue weighted by Crippen LogP contribution is 2.24. The van der Waals surface area contributed by atoms with Crippen LogP contribution in [0.1, 0.15) is 24.8 Å². The molecular weight excluding hydrogens is 230 g/mol. The van der Waals surface area contributed by atoms with Crippen LogP contribution in [0.5, 0.6) is 5.75 Å². The lowest BCUT2D eigenvalue weighted by atomic mass is 9.97. The summed E-state index contributed by atoms with van der Waals surface area (Å²) in [5, 5.41) is 10.4. The lowest BCUT2D eigenvalue weighted by Crippen LogP contribution is -2.07. The summed E-state index contributed by atoms with van der Waals surface area (Å²) < 4.78 is 0. The maximum Gasteiger partial charge on any atom is 0.115 e. The molecule has 1 aliphatic rings. The Labute approximate surface area is 106 Å². The Morgan fingerprint density at radius 2 is 2.12 bits per heavy atom. The minimum atomic E-state index is 0.316. The van der Waals surface area contributed by atoms with Crippen LogP contribution in [0.2, 0.25) is 0 Å². The molecule has 17 heavy (non-hydrogen) atoms. The molecule has 0 spiro atoms. The number of benzene rings is 1. The minimum Gasteiger partial charge on any atom is -0.508 e. The lowest BCUT2D eigenvalue weighted by Gasteiger charge is -2.15. The van der Waals surface area contributed by atoms with Crippen LogP contribution in [-0.2, 0) is 0 Å². The van der Waals surface area contributed by atoms with E-state index in [0.717, 1.165) is 17.3 Å². The molecule has 90 valence electrons. The van der Waals surface area contributed by atoms with Gasteiger partial charge in [0, 0.05) is 5.92 Å². The van der Waals surface area contributed by atoms with Gasteiger partial charge in [0.05, 0.1) is 11.6 Å². The molecule has 0 bridgehead atoms. The van der Waals surface area contributed by atoms with Crippen LogP contribution < -0.4 is 0 Å². The smallest absolute Gasteiger partial charge is 0.115 e. The maximum absolute atomic E-state index is 9.25. The van der Waals surface area contributed by atoms with Crippen molar-refractivity contribution in [2.45, 2.75) is 19.3 Å². The molecule has 1 atom stereocenters. The van der Waals surface area contributed by atoms with Gasteiger partial charge in [0.1, 0.15) is 5.75 Å². The number of hydrogen-bond donors (Lipinski definition) is 1. The molecule has 1 heterocycles. The summed E-state index contributed by atoms with van der Waals surface area (Å²) in [5.41, 5.74) is 1.21.